The van der Waals surface area contributed by atoms with Gasteiger partial charge in [0.2, 0.25) is 0 Å². The van der Waals surface area contributed by atoms with Gasteiger partial charge in [0.25, 0.3) is 0 Å². The average Bonchev–Trinajstić information content (AvgIpc) is 2.89. The summed E-state index contributed by atoms with van der Waals surface area (Å²) in [6.07, 6.45) is 0. The zero-order valence-corrected chi connectivity index (χ0v) is 10.9. The number of aryl methyl sites for hydroxylation is 1. The van der Waals surface area contributed by atoms with Crippen LogP contribution in [0.4, 0.5) is 5.82 Å². The Bertz CT molecular complexity index is 801. The first-order chi connectivity index (χ1) is 9.76. The number of nitrogens with one attached hydrogen (secondary N) is 1. The maximum Gasteiger partial charge on any atom is 0.156 e. The molecule has 0 spiro atoms. The Balaban J connectivity index is 1.92. The van der Waals surface area contributed by atoms with E-state index in [1.54, 1.807) is 0 Å². The summed E-state index contributed by atoms with van der Waals surface area (Å²) in [4.78, 5) is 4.47. The van der Waals surface area contributed by atoms with Crippen molar-refractivity contribution in [3.05, 3.63) is 53.4 Å². The van der Waals surface area contributed by atoms with Crippen LogP contribution in [0.2, 0.25) is 0 Å². The number of rotatable bonds is 3. The molecule has 0 fully saturated rings. The van der Waals surface area contributed by atoms with Gasteiger partial charge < -0.3 is 9.84 Å². The second kappa shape index (κ2) is 5.02. The molecule has 0 unspecified atom stereocenters. The lowest BCUT2D eigenvalue weighted by atomic mass is 10.1. The molecule has 0 aliphatic carbocycles. The molecule has 0 aliphatic heterocycles. The number of para-hydroxylation sites is 1. The van der Waals surface area contributed by atoms with Crippen LogP contribution in [0.25, 0.3) is 10.9 Å². The van der Waals surface area contributed by atoms with E-state index in [4.69, 9.17) is 4.52 Å². The number of pyridine rings is 1. The number of benzene rings is 1. The molecule has 98 valence electrons. The van der Waals surface area contributed by atoms with Crippen LogP contribution in [0.3, 0.4) is 0 Å². The molecule has 2 aromatic heterocycles. The van der Waals surface area contributed by atoms with Crippen molar-refractivity contribution in [3.63, 3.8) is 0 Å². The Morgan fingerprint density at radius 3 is 2.90 bits per heavy atom. The first kappa shape index (κ1) is 12.2. The molecule has 0 bridgehead atoms. The fraction of sp³-hybridized carbons (Fsp3) is 0.133. The van der Waals surface area contributed by atoms with Crippen molar-refractivity contribution in [1.29, 1.82) is 5.26 Å². The fourth-order valence-corrected chi connectivity index (χ4v) is 2.01. The lowest BCUT2D eigenvalue weighted by Gasteiger charge is -2.07. The highest BCUT2D eigenvalue weighted by Crippen LogP contribution is 2.20. The Kier molecular flexibility index (Phi) is 3.05. The minimum atomic E-state index is 0.445. The molecule has 0 amide bonds. The molecule has 5 nitrogen and oxygen atoms in total. The largest absolute Gasteiger partial charge is 0.362 e. The topological polar surface area (TPSA) is 74.7 Å². The zero-order valence-electron chi connectivity index (χ0n) is 10.9. The maximum atomic E-state index is 9.21. The third-order valence-corrected chi connectivity index (χ3v) is 2.95. The number of aromatic nitrogens is 2. The third-order valence-electron chi connectivity index (χ3n) is 2.95. The molecular formula is C15H12N4O. The number of anilines is 1. The van der Waals surface area contributed by atoms with Crippen LogP contribution in [-0.4, -0.2) is 10.1 Å². The van der Waals surface area contributed by atoms with Gasteiger partial charge in [0.15, 0.2) is 5.76 Å². The van der Waals surface area contributed by atoms with E-state index >= 15 is 0 Å². The van der Waals surface area contributed by atoms with Gasteiger partial charge >= 0.3 is 0 Å². The van der Waals surface area contributed by atoms with E-state index in [9.17, 15) is 5.26 Å². The van der Waals surface area contributed by atoms with Crippen LogP contribution in [0.5, 0.6) is 0 Å². The molecule has 0 aliphatic rings. The van der Waals surface area contributed by atoms with Gasteiger partial charge in [0.05, 0.1) is 23.3 Å². The van der Waals surface area contributed by atoms with Gasteiger partial charge in [-0.05, 0) is 19.1 Å². The van der Waals surface area contributed by atoms with Crippen LogP contribution < -0.4 is 5.32 Å². The van der Waals surface area contributed by atoms with Crippen LogP contribution in [0.15, 0.2) is 40.9 Å². The molecular weight excluding hydrogens is 252 g/mol. The summed E-state index contributed by atoms with van der Waals surface area (Å²) in [5.41, 5.74) is 2.19. The summed E-state index contributed by atoms with van der Waals surface area (Å²) in [7, 11) is 0. The van der Waals surface area contributed by atoms with Gasteiger partial charge in [0, 0.05) is 11.5 Å². The second-order valence-corrected chi connectivity index (χ2v) is 4.48. The molecule has 5 heteroatoms. The maximum absolute atomic E-state index is 9.21. The van der Waals surface area contributed by atoms with Crippen molar-refractivity contribution < 1.29 is 4.52 Å². The van der Waals surface area contributed by atoms with E-state index in [2.05, 4.69) is 21.5 Å². The highest BCUT2D eigenvalue weighted by atomic mass is 16.5. The molecule has 1 N–H and O–H groups in total. The third kappa shape index (κ3) is 2.31. The van der Waals surface area contributed by atoms with Gasteiger partial charge in [-0.1, -0.05) is 23.4 Å². The fourth-order valence-electron chi connectivity index (χ4n) is 2.01. The van der Waals surface area contributed by atoms with Crippen molar-refractivity contribution in [1.82, 2.24) is 10.1 Å². The molecule has 0 saturated heterocycles. The molecule has 3 rings (SSSR count). The lowest BCUT2D eigenvalue weighted by Crippen LogP contribution is -2.03. The van der Waals surface area contributed by atoms with Crippen molar-refractivity contribution in [2.45, 2.75) is 13.5 Å². The smallest absolute Gasteiger partial charge is 0.156 e. The first-order valence-electron chi connectivity index (χ1n) is 6.22. The van der Waals surface area contributed by atoms with E-state index in [1.807, 2.05) is 43.3 Å². The van der Waals surface area contributed by atoms with Crippen molar-refractivity contribution in [2.24, 2.45) is 0 Å². The Hall–Kier alpha value is -2.87. The number of hydrogen-bond donors (Lipinski definition) is 1. The SMILES string of the molecule is Cc1cc(CNc2nc3ccccc3cc2C#N)on1. The predicted molar refractivity (Wildman–Crippen MR) is 75.0 cm³/mol. The van der Waals surface area contributed by atoms with E-state index in [-0.39, 0.29) is 0 Å². The quantitative estimate of drug-likeness (QED) is 0.787. The van der Waals surface area contributed by atoms with E-state index in [1.165, 1.54) is 0 Å². The minimum Gasteiger partial charge on any atom is -0.362 e. The van der Waals surface area contributed by atoms with Crippen molar-refractivity contribution in [3.8, 4) is 6.07 Å². The molecule has 20 heavy (non-hydrogen) atoms. The summed E-state index contributed by atoms with van der Waals surface area (Å²) in [6, 6.07) is 13.5. The number of hydrogen-bond acceptors (Lipinski definition) is 5. The van der Waals surface area contributed by atoms with Crippen molar-refractivity contribution in [2.75, 3.05) is 5.32 Å². The molecule has 0 radical (unpaired) electrons. The van der Waals surface area contributed by atoms with Crippen LogP contribution in [0.1, 0.15) is 17.0 Å². The summed E-state index contributed by atoms with van der Waals surface area (Å²) in [5.74, 6) is 1.27. The predicted octanol–water partition coefficient (Wildman–Crippen LogP) is 3.02. The summed E-state index contributed by atoms with van der Waals surface area (Å²) in [6.45, 7) is 2.31. The molecule has 1 aromatic carbocycles. The summed E-state index contributed by atoms with van der Waals surface area (Å²) in [5, 5.41) is 17.1. The van der Waals surface area contributed by atoms with E-state index < -0.39 is 0 Å². The summed E-state index contributed by atoms with van der Waals surface area (Å²) >= 11 is 0. The standard InChI is InChI=1S/C15H12N4O/c1-10-6-13(20-19-10)9-17-15-12(8-16)7-11-4-2-3-5-14(11)18-15/h2-7H,9H2,1H3,(H,17,18). The normalized spacial score (nSPS) is 10.4. The van der Waals surface area contributed by atoms with E-state index in [0.29, 0.717) is 23.7 Å². The van der Waals surface area contributed by atoms with Gasteiger partial charge in [0.1, 0.15) is 11.9 Å². The number of nitriles is 1. The monoisotopic (exact) mass is 264 g/mol. The van der Waals surface area contributed by atoms with Gasteiger partial charge in [-0.2, -0.15) is 5.26 Å². The van der Waals surface area contributed by atoms with Gasteiger partial charge in [-0.25, -0.2) is 4.98 Å². The summed E-state index contributed by atoms with van der Waals surface area (Å²) < 4.78 is 5.12. The Morgan fingerprint density at radius 2 is 2.15 bits per heavy atom. The molecule has 0 atom stereocenters. The molecule has 0 saturated carbocycles. The lowest BCUT2D eigenvalue weighted by molar-refractivity contribution is 0.384. The second-order valence-electron chi connectivity index (χ2n) is 4.48. The first-order valence-corrected chi connectivity index (χ1v) is 6.22. The molecule has 2 heterocycles. The minimum absolute atomic E-state index is 0.445. The molecule has 3 aromatic rings. The Morgan fingerprint density at radius 1 is 1.30 bits per heavy atom. The highest BCUT2D eigenvalue weighted by molar-refractivity contribution is 5.82. The van der Waals surface area contributed by atoms with Crippen LogP contribution in [0, 0.1) is 18.3 Å². The zero-order chi connectivity index (χ0) is 13.9. The van der Waals surface area contributed by atoms with Crippen LogP contribution >= 0.6 is 0 Å². The number of nitrogens with zero attached hydrogens (tertiary/aromatic N) is 3. The average molecular weight is 264 g/mol. The highest BCUT2D eigenvalue weighted by Gasteiger charge is 2.07. The Labute approximate surface area is 115 Å². The van der Waals surface area contributed by atoms with Gasteiger partial charge in [-0.3, -0.25) is 0 Å². The number of fused-ring (bicyclic) bond motifs is 1. The van der Waals surface area contributed by atoms with E-state index in [0.717, 1.165) is 16.6 Å². The van der Waals surface area contributed by atoms with Gasteiger partial charge in [-0.15, -0.1) is 0 Å². The van der Waals surface area contributed by atoms with Crippen molar-refractivity contribution >= 4 is 16.7 Å². The van der Waals surface area contributed by atoms with Crippen LogP contribution in [-0.2, 0) is 6.54 Å².